The van der Waals surface area contributed by atoms with Gasteiger partial charge in [-0.25, -0.2) is 0 Å². The van der Waals surface area contributed by atoms with Crippen LogP contribution < -0.4 is 15.4 Å². The molecule has 2 amide bonds. The molecular formula is C22H22N2O4. The van der Waals surface area contributed by atoms with Crippen LogP contribution in [0.15, 0.2) is 52.9 Å². The lowest BCUT2D eigenvalue weighted by molar-refractivity contribution is -0.119. The van der Waals surface area contributed by atoms with E-state index in [0.29, 0.717) is 28.1 Å². The Bertz CT molecular complexity index is 1020. The van der Waals surface area contributed by atoms with Gasteiger partial charge in [0, 0.05) is 23.1 Å². The molecule has 0 radical (unpaired) electrons. The first-order valence-electron chi connectivity index (χ1n) is 9.43. The van der Waals surface area contributed by atoms with E-state index in [-0.39, 0.29) is 17.6 Å². The molecule has 0 aliphatic heterocycles. The molecule has 144 valence electrons. The van der Waals surface area contributed by atoms with Crippen molar-refractivity contribution in [1.82, 2.24) is 0 Å². The molecule has 0 spiro atoms. The van der Waals surface area contributed by atoms with Crippen LogP contribution in [0.1, 0.15) is 36.2 Å². The van der Waals surface area contributed by atoms with Crippen LogP contribution in [-0.4, -0.2) is 18.9 Å². The zero-order valence-corrected chi connectivity index (χ0v) is 15.7. The van der Waals surface area contributed by atoms with Crippen LogP contribution in [0.4, 0.5) is 11.4 Å². The molecule has 0 bridgehead atoms. The van der Waals surface area contributed by atoms with Crippen LogP contribution in [0.25, 0.3) is 11.0 Å². The normalized spacial score (nSPS) is 14.2. The summed E-state index contributed by atoms with van der Waals surface area (Å²) in [5.41, 5.74) is 1.56. The lowest BCUT2D eigenvalue weighted by Crippen LogP contribution is -2.22. The molecule has 2 aromatic carbocycles. The number of fused-ring (bicyclic) bond motifs is 1. The van der Waals surface area contributed by atoms with Gasteiger partial charge in [0.25, 0.3) is 5.91 Å². The Morgan fingerprint density at radius 1 is 1.04 bits per heavy atom. The Morgan fingerprint density at radius 3 is 2.61 bits per heavy atom. The SMILES string of the molecule is COc1cccc(NC(=O)c2oc3ccccc3c2NC(=O)C2CCCC2)c1. The number of methoxy groups -OCH3 is 1. The van der Waals surface area contributed by atoms with Gasteiger partial charge in [-0.3, -0.25) is 9.59 Å². The third-order valence-corrected chi connectivity index (χ3v) is 5.10. The van der Waals surface area contributed by atoms with Crippen molar-refractivity contribution < 1.29 is 18.7 Å². The number of rotatable bonds is 5. The highest BCUT2D eigenvalue weighted by Gasteiger charge is 2.27. The molecule has 6 nitrogen and oxygen atoms in total. The molecule has 4 rings (SSSR count). The third-order valence-electron chi connectivity index (χ3n) is 5.10. The van der Waals surface area contributed by atoms with Crippen LogP contribution in [-0.2, 0) is 4.79 Å². The number of ether oxygens (including phenoxy) is 1. The highest BCUT2D eigenvalue weighted by Crippen LogP contribution is 2.33. The molecule has 6 heteroatoms. The highest BCUT2D eigenvalue weighted by atomic mass is 16.5. The lowest BCUT2D eigenvalue weighted by atomic mass is 10.1. The summed E-state index contributed by atoms with van der Waals surface area (Å²) >= 11 is 0. The number of benzene rings is 2. The number of furan rings is 1. The van der Waals surface area contributed by atoms with E-state index >= 15 is 0 Å². The molecule has 1 aliphatic rings. The van der Waals surface area contributed by atoms with Gasteiger partial charge in [0.2, 0.25) is 11.7 Å². The molecule has 1 aromatic heterocycles. The quantitative estimate of drug-likeness (QED) is 0.667. The maximum absolute atomic E-state index is 12.9. The van der Waals surface area contributed by atoms with Gasteiger partial charge in [0.1, 0.15) is 17.0 Å². The molecule has 1 saturated carbocycles. The summed E-state index contributed by atoms with van der Waals surface area (Å²) < 4.78 is 11.0. The number of carbonyl (C=O) groups excluding carboxylic acids is 2. The second kappa shape index (κ2) is 7.76. The Hall–Kier alpha value is -3.28. The van der Waals surface area contributed by atoms with Crippen LogP contribution in [0, 0.1) is 5.92 Å². The minimum Gasteiger partial charge on any atom is -0.497 e. The van der Waals surface area contributed by atoms with Crippen LogP contribution in [0.3, 0.4) is 0 Å². The van der Waals surface area contributed by atoms with Crippen LogP contribution in [0.5, 0.6) is 5.75 Å². The monoisotopic (exact) mass is 378 g/mol. The predicted molar refractivity (Wildman–Crippen MR) is 108 cm³/mol. The number of hydrogen-bond donors (Lipinski definition) is 2. The largest absolute Gasteiger partial charge is 0.497 e. The fourth-order valence-electron chi connectivity index (χ4n) is 3.63. The molecule has 1 fully saturated rings. The minimum atomic E-state index is -0.425. The maximum Gasteiger partial charge on any atom is 0.293 e. The number of amides is 2. The smallest absolute Gasteiger partial charge is 0.293 e. The van der Waals surface area contributed by atoms with Gasteiger partial charge in [-0.15, -0.1) is 0 Å². The fraction of sp³-hybridized carbons (Fsp3) is 0.273. The van der Waals surface area contributed by atoms with Crippen LogP contribution in [0.2, 0.25) is 0 Å². The van der Waals surface area contributed by atoms with Crippen molar-refractivity contribution in [3.63, 3.8) is 0 Å². The number of para-hydroxylation sites is 1. The standard InChI is InChI=1S/C22H22N2O4/c1-27-16-10-6-9-15(13-16)23-22(26)20-19(17-11-4-5-12-18(17)28-20)24-21(25)14-7-2-3-8-14/h4-6,9-14H,2-3,7-8H2,1H3,(H,23,26)(H,24,25). The molecule has 28 heavy (non-hydrogen) atoms. The Balaban J connectivity index is 1.65. The summed E-state index contributed by atoms with van der Waals surface area (Å²) in [6, 6.07) is 14.4. The zero-order valence-electron chi connectivity index (χ0n) is 15.7. The zero-order chi connectivity index (χ0) is 19.5. The minimum absolute atomic E-state index is 0.0112. The summed E-state index contributed by atoms with van der Waals surface area (Å²) in [6.45, 7) is 0. The van der Waals surface area contributed by atoms with Crippen molar-refractivity contribution in [1.29, 1.82) is 0 Å². The lowest BCUT2D eigenvalue weighted by Gasteiger charge is -2.11. The summed E-state index contributed by atoms with van der Waals surface area (Å²) in [6.07, 6.45) is 3.89. The fourth-order valence-corrected chi connectivity index (χ4v) is 3.63. The first kappa shape index (κ1) is 18.1. The van der Waals surface area contributed by atoms with Crippen molar-refractivity contribution in [2.45, 2.75) is 25.7 Å². The average Bonchev–Trinajstić information content (AvgIpc) is 3.37. The Kier molecular flexibility index (Phi) is 5.02. The number of nitrogens with one attached hydrogen (secondary N) is 2. The van der Waals surface area contributed by atoms with Gasteiger partial charge in [-0.2, -0.15) is 0 Å². The van der Waals surface area contributed by atoms with Crippen molar-refractivity contribution in [3.8, 4) is 5.75 Å². The Morgan fingerprint density at radius 2 is 1.82 bits per heavy atom. The van der Waals surface area contributed by atoms with Gasteiger partial charge in [0.15, 0.2) is 0 Å². The summed E-state index contributed by atoms with van der Waals surface area (Å²) in [5.74, 6) is 0.237. The van der Waals surface area contributed by atoms with Gasteiger partial charge in [-0.1, -0.05) is 31.0 Å². The Labute approximate surface area is 162 Å². The second-order valence-corrected chi connectivity index (χ2v) is 6.96. The average molecular weight is 378 g/mol. The van der Waals surface area contributed by atoms with Crippen molar-refractivity contribution in [3.05, 3.63) is 54.3 Å². The maximum atomic E-state index is 12.9. The first-order chi connectivity index (χ1) is 13.7. The summed E-state index contributed by atoms with van der Waals surface area (Å²) in [5, 5.41) is 6.47. The molecule has 2 N–H and O–H groups in total. The van der Waals surface area contributed by atoms with E-state index in [4.69, 9.17) is 9.15 Å². The van der Waals surface area contributed by atoms with Gasteiger partial charge in [0.05, 0.1) is 7.11 Å². The number of anilines is 2. The molecule has 3 aromatic rings. The first-order valence-corrected chi connectivity index (χ1v) is 9.43. The van der Waals surface area contributed by atoms with E-state index in [0.717, 1.165) is 25.7 Å². The summed E-state index contributed by atoms with van der Waals surface area (Å²) in [4.78, 5) is 25.6. The number of carbonyl (C=O) groups is 2. The molecule has 1 heterocycles. The van der Waals surface area contributed by atoms with Gasteiger partial charge >= 0.3 is 0 Å². The second-order valence-electron chi connectivity index (χ2n) is 6.96. The van der Waals surface area contributed by atoms with Crippen LogP contribution >= 0.6 is 0 Å². The highest BCUT2D eigenvalue weighted by molar-refractivity contribution is 6.14. The third kappa shape index (κ3) is 3.58. The molecule has 0 unspecified atom stereocenters. The van der Waals surface area contributed by atoms with Crippen molar-refractivity contribution in [2.24, 2.45) is 5.92 Å². The molecular weight excluding hydrogens is 356 g/mol. The predicted octanol–water partition coefficient (Wildman–Crippen LogP) is 4.82. The van der Waals surface area contributed by atoms with Gasteiger partial charge < -0.3 is 19.8 Å². The van der Waals surface area contributed by atoms with Crippen molar-refractivity contribution >= 4 is 34.2 Å². The summed E-state index contributed by atoms with van der Waals surface area (Å²) in [7, 11) is 1.57. The van der Waals surface area contributed by atoms with E-state index in [2.05, 4.69) is 10.6 Å². The van der Waals surface area contributed by atoms with E-state index in [1.807, 2.05) is 18.2 Å². The molecule has 0 atom stereocenters. The van der Waals surface area contributed by atoms with E-state index in [1.54, 1.807) is 37.4 Å². The van der Waals surface area contributed by atoms with E-state index in [1.165, 1.54) is 0 Å². The number of hydrogen-bond acceptors (Lipinski definition) is 4. The molecule has 0 saturated heterocycles. The van der Waals surface area contributed by atoms with Gasteiger partial charge in [-0.05, 0) is 37.1 Å². The van der Waals surface area contributed by atoms with E-state index in [9.17, 15) is 9.59 Å². The van der Waals surface area contributed by atoms with E-state index < -0.39 is 5.91 Å². The van der Waals surface area contributed by atoms with Crippen molar-refractivity contribution in [2.75, 3.05) is 17.7 Å². The topological polar surface area (TPSA) is 80.6 Å². The molecule has 1 aliphatic carbocycles.